The second kappa shape index (κ2) is 10.5. The van der Waals surface area contributed by atoms with Crippen LogP contribution in [0.1, 0.15) is 44.9 Å². The summed E-state index contributed by atoms with van der Waals surface area (Å²) >= 11 is 13.3. The molecule has 6 unspecified atom stereocenters. The number of nitriles is 1. The highest BCUT2D eigenvalue weighted by Crippen LogP contribution is 2.45. The van der Waals surface area contributed by atoms with E-state index in [1.54, 1.807) is 0 Å². The minimum atomic E-state index is -0.311. The van der Waals surface area contributed by atoms with E-state index in [4.69, 9.17) is 28.9 Å². The number of fused-ring (bicyclic) bond motifs is 1. The number of rotatable bonds is 5. The molecular formula is C22H36Cl2N6O. The van der Waals surface area contributed by atoms with Gasteiger partial charge in [0.15, 0.2) is 0 Å². The van der Waals surface area contributed by atoms with Crippen molar-refractivity contribution in [2.24, 2.45) is 23.5 Å². The fourth-order valence-electron chi connectivity index (χ4n) is 6.38. The van der Waals surface area contributed by atoms with Gasteiger partial charge >= 0.3 is 0 Å². The summed E-state index contributed by atoms with van der Waals surface area (Å²) in [6.07, 6.45) is 7.31. The standard InChI is InChI=1S/C22H36Cl2N6O/c23-15-3-1-14(2-4-15)17-9-18-20(10-19(17)24)27-13-28-22(18)30-8-7-29(6-5-21(26)31)16(11-25)12-30/h14-20,22,27-28H,1-10,12-13H2,(H2,26,31). The van der Waals surface area contributed by atoms with Gasteiger partial charge in [-0.05, 0) is 50.4 Å². The predicted octanol–water partition coefficient (Wildman–Crippen LogP) is 1.65. The molecule has 9 heteroatoms. The van der Waals surface area contributed by atoms with E-state index in [9.17, 15) is 10.1 Å². The lowest BCUT2D eigenvalue weighted by Crippen LogP contribution is -2.69. The van der Waals surface area contributed by atoms with Gasteiger partial charge in [0.25, 0.3) is 0 Å². The number of hydrogen-bond donors (Lipinski definition) is 3. The van der Waals surface area contributed by atoms with E-state index >= 15 is 0 Å². The Morgan fingerprint density at radius 2 is 1.87 bits per heavy atom. The highest BCUT2D eigenvalue weighted by molar-refractivity contribution is 6.21. The van der Waals surface area contributed by atoms with Gasteiger partial charge in [0, 0.05) is 62.0 Å². The number of carbonyl (C=O) groups excluding carboxylic acids is 1. The molecule has 2 saturated carbocycles. The summed E-state index contributed by atoms with van der Waals surface area (Å²) in [5.74, 6) is 1.39. The molecule has 174 valence electrons. The van der Waals surface area contributed by atoms with E-state index in [1.165, 1.54) is 12.8 Å². The van der Waals surface area contributed by atoms with E-state index in [-0.39, 0.29) is 23.5 Å². The number of nitrogens with two attached hydrogens (primary N) is 1. The minimum Gasteiger partial charge on any atom is -0.370 e. The van der Waals surface area contributed by atoms with Crippen molar-refractivity contribution in [1.29, 1.82) is 5.26 Å². The maximum atomic E-state index is 11.2. The van der Waals surface area contributed by atoms with Crippen molar-refractivity contribution in [3.05, 3.63) is 0 Å². The average molecular weight is 471 g/mol. The number of carbonyl (C=O) groups is 1. The van der Waals surface area contributed by atoms with Crippen LogP contribution in [-0.2, 0) is 4.79 Å². The summed E-state index contributed by atoms with van der Waals surface area (Å²) in [6, 6.07) is 2.66. The van der Waals surface area contributed by atoms with Crippen LogP contribution >= 0.6 is 23.2 Å². The van der Waals surface area contributed by atoms with E-state index < -0.39 is 0 Å². The first-order valence-corrected chi connectivity index (χ1v) is 12.7. The lowest BCUT2D eigenvalue weighted by Gasteiger charge is -2.53. The van der Waals surface area contributed by atoms with Gasteiger partial charge in [-0.25, -0.2) is 0 Å². The minimum absolute atomic E-state index is 0.206. The van der Waals surface area contributed by atoms with E-state index in [1.807, 2.05) is 0 Å². The Morgan fingerprint density at radius 3 is 2.58 bits per heavy atom. The second-order valence-electron chi connectivity index (χ2n) is 9.86. The predicted molar refractivity (Wildman–Crippen MR) is 123 cm³/mol. The highest BCUT2D eigenvalue weighted by Gasteiger charge is 2.47. The number of primary amides is 1. The Bertz CT molecular complexity index is 667. The number of nitrogens with zero attached hydrogens (tertiary/aromatic N) is 3. The van der Waals surface area contributed by atoms with Gasteiger partial charge in [0.1, 0.15) is 6.04 Å². The number of amides is 1. The zero-order chi connectivity index (χ0) is 22.0. The summed E-state index contributed by atoms with van der Waals surface area (Å²) < 4.78 is 0. The second-order valence-corrected chi connectivity index (χ2v) is 11.0. The Hall–Kier alpha value is -0.620. The molecule has 0 aromatic heterocycles. The van der Waals surface area contributed by atoms with Crippen LogP contribution in [0.3, 0.4) is 0 Å². The topological polar surface area (TPSA) is 97.4 Å². The van der Waals surface area contributed by atoms with Crippen molar-refractivity contribution < 1.29 is 4.79 Å². The summed E-state index contributed by atoms with van der Waals surface area (Å²) in [7, 11) is 0. The SMILES string of the molecule is N#CC1CN(C2NCNC3CC(Cl)C(C4CCC(Cl)CC4)CC32)CCN1CCC(N)=O. The molecule has 0 radical (unpaired) electrons. The van der Waals surface area contributed by atoms with Crippen LogP contribution < -0.4 is 16.4 Å². The fourth-order valence-corrected chi connectivity index (χ4v) is 7.13. The Labute approximate surface area is 195 Å². The maximum absolute atomic E-state index is 11.2. The number of halogens is 2. The molecule has 2 aliphatic carbocycles. The summed E-state index contributed by atoms with van der Waals surface area (Å²) in [6.45, 7) is 3.71. The van der Waals surface area contributed by atoms with Crippen LogP contribution in [0.5, 0.6) is 0 Å². The van der Waals surface area contributed by atoms with Crippen molar-refractivity contribution in [1.82, 2.24) is 20.4 Å². The molecule has 0 aromatic rings. The van der Waals surface area contributed by atoms with Crippen molar-refractivity contribution in [3.63, 3.8) is 0 Å². The Kier molecular flexibility index (Phi) is 8.00. The molecule has 4 rings (SSSR count). The fraction of sp³-hybridized carbons (Fsp3) is 0.909. The average Bonchev–Trinajstić information content (AvgIpc) is 2.77. The maximum Gasteiger partial charge on any atom is 0.218 e. The molecule has 4 fully saturated rings. The van der Waals surface area contributed by atoms with Crippen LogP contribution in [0, 0.1) is 29.1 Å². The summed E-state index contributed by atoms with van der Waals surface area (Å²) in [5, 5.41) is 17.6. The molecule has 4 N–H and O–H groups in total. The van der Waals surface area contributed by atoms with Crippen LogP contribution in [-0.4, -0.2) is 77.6 Å². The van der Waals surface area contributed by atoms with E-state index in [0.29, 0.717) is 48.7 Å². The monoisotopic (exact) mass is 470 g/mol. The first-order valence-electron chi connectivity index (χ1n) is 11.9. The molecule has 2 heterocycles. The third-order valence-electron chi connectivity index (χ3n) is 8.10. The van der Waals surface area contributed by atoms with Gasteiger partial charge in [-0.2, -0.15) is 5.26 Å². The van der Waals surface area contributed by atoms with Gasteiger partial charge in [-0.15, -0.1) is 23.2 Å². The van der Waals surface area contributed by atoms with Gasteiger partial charge < -0.3 is 11.1 Å². The molecule has 0 spiro atoms. The van der Waals surface area contributed by atoms with Crippen LogP contribution in [0.25, 0.3) is 0 Å². The summed E-state index contributed by atoms with van der Waals surface area (Å²) in [5.41, 5.74) is 5.31. The first kappa shape index (κ1) is 23.5. The molecule has 2 aliphatic heterocycles. The number of alkyl halides is 2. The molecule has 6 atom stereocenters. The largest absolute Gasteiger partial charge is 0.370 e. The summed E-state index contributed by atoms with van der Waals surface area (Å²) in [4.78, 5) is 15.7. The van der Waals surface area contributed by atoms with E-state index in [2.05, 4.69) is 26.5 Å². The highest BCUT2D eigenvalue weighted by atomic mass is 35.5. The third-order valence-corrected chi connectivity index (χ3v) is 9.04. The van der Waals surface area contributed by atoms with Gasteiger partial charge in [-0.3, -0.25) is 19.9 Å². The van der Waals surface area contributed by atoms with Crippen molar-refractivity contribution in [3.8, 4) is 6.07 Å². The Morgan fingerprint density at radius 1 is 1.10 bits per heavy atom. The first-order chi connectivity index (χ1) is 15.0. The zero-order valence-electron chi connectivity index (χ0n) is 18.2. The van der Waals surface area contributed by atoms with Crippen LogP contribution in [0.15, 0.2) is 0 Å². The lowest BCUT2D eigenvalue weighted by atomic mass is 9.67. The van der Waals surface area contributed by atoms with Gasteiger partial charge in [-0.1, -0.05) is 0 Å². The molecular weight excluding hydrogens is 435 g/mol. The lowest BCUT2D eigenvalue weighted by molar-refractivity contribution is -0.118. The van der Waals surface area contributed by atoms with Crippen molar-refractivity contribution in [2.75, 3.05) is 32.8 Å². The molecule has 7 nitrogen and oxygen atoms in total. The zero-order valence-corrected chi connectivity index (χ0v) is 19.7. The molecule has 4 aliphatic rings. The molecule has 1 amide bonds. The Balaban J connectivity index is 1.41. The van der Waals surface area contributed by atoms with Gasteiger partial charge in [0.2, 0.25) is 5.91 Å². The third kappa shape index (κ3) is 5.48. The molecule has 31 heavy (non-hydrogen) atoms. The number of hydrogen-bond acceptors (Lipinski definition) is 6. The van der Waals surface area contributed by atoms with Gasteiger partial charge in [0.05, 0.1) is 12.2 Å². The molecule has 0 aromatic carbocycles. The number of nitrogens with one attached hydrogen (secondary N) is 2. The smallest absolute Gasteiger partial charge is 0.218 e. The van der Waals surface area contributed by atoms with Crippen molar-refractivity contribution >= 4 is 29.1 Å². The quantitative estimate of drug-likeness (QED) is 0.528. The molecule has 0 bridgehead atoms. The number of piperazine rings is 1. The van der Waals surface area contributed by atoms with E-state index in [0.717, 1.165) is 45.4 Å². The normalized spacial score (nSPS) is 42.5. The van der Waals surface area contributed by atoms with Crippen LogP contribution in [0.4, 0.5) is 0 Å². The van der Waals surface area contributed by atoms with Crippen LogP contribution in [0.2, 0.25) is 0 Å². The molecule has 2 saturated heterocycles. The van der Waals surface area contributed by atoms with Crippen molar-refractivity contribution in [2.45, 2.75) is 73.9 Å².